The maximum absolute atomic E-state index is 10.9. The largest absolute Gasteiger partial charge is 0.468 e. The minimum absolute atomic E-state index is 0.0133. The van der Waals surface area contributed by atoms with Crippen molar-refractivity contribution in [1.82, 2.24) is 15.1 Å². The lowest BCUT2D eigenvalue weighted by Gasteiger charge is -2.18. The molecule has 0 fully saturated rings. The van der Waals surface area contributed by atoms with E-state index in [0.29, 0.717) is 6.54 Å². The van der Waals surface area contributed by atoms with Crippen LogP contribution >= 0.6 is 0 Å². The van der Waals surface area contributed by atoms with E-state index in [1.54, 1.807) is 6.20 Å². The molecule has 0 atom stereocenters. The van der Waals surface area contributed by atoms with Gasteiger partial charge in [-0.3, -0.25) is 9.48 Å². The highest BCUT2D eigenvalue weighted by atomic mass is 16.5. The number of aromatic nitrogens is 2. The SMILES string of the molecule is COC(=O)CNCc1cnn(C(C)(C)C)c1. The van der Waals surface area contributed by atoms with Crippen molar-refractivity contribution in [3.05, 3.63) is 18.0 Å². The third kappa shape index (κ3) is 3.66. The third-order valence-electron chi connectivity index (χ3n) is 2.15. The van der Waals surface area contributed by atoms with Gasteiger partial charge in [0.15, 0.2) is 0 Å². The van der Waals surface area contributed by atoms with E-state index in [0.717, 1.165) is 5.56 Å². The summed E-state index contributed by atoms with van der Waals surface area (Å²) in [5, 5.41) is 7.26. The summed E-state index contributed by atoms with van der Waals surface area (Å²) in [5.41, 5.74) is 1.04. The fourth-order valence-electron chi connectivity index (χ4n) is 1.20. The molecule has 0 aliphatic heterocycles. The lowest BCUT2D eigenvalue weighted by atomic mass is 10.1. The van der Waals surface area contributed by atoms with Crippen LogP contribution in [0.1, 0.15) is 26.3 Å². The van der Waals surface area contributed by atoms with Crippen molar-refractivity contribution in [2.24, 2.45) is 0 Å². The number of methoxy groups -OCH3 is 1. The van der Waals surface area contributed by atoms with E-state index >= 15 is 0 Å². The zero-order valence-electron chi connectivity index (χ0n) is 10.3. The summed E-state index contributed by atoms with van der Waals surface area (Å²) in [4.78, 5) is 10.9. The standard InChI is InChI=1S/C11H19N3O2/c1-11(2,3)14-8-9(6-13-14)5-12-7-10(15)16-4/h6,8,12H,5,7H2,1-4H3. The van der Waals surface area contributed by atoms with Gasteiger partial charge in [-0.2, -0.15) is 5.10 Å². The van der Waals surface area contributed by atoms with Gasteiger partial charge in [0.25, 0.3) is 0 Å². The summed E-state index contributed by atoms with van der Waals surface area (Å²) in [6, 6.07) is 0. The van der Waals surface area contributed by atoms with Gasteiger partial charge in [-0.15, -0.1) is 0 Å². The summed E-state index contributed by atoms with van der Waals surface area (Å²) in [6.45, 7) is 7.10. The predicted molar refractivity (Wildman–Crippen MR) is 60.9 cm³/mol. The van der Waals surface area contributed by atoms with Crippen LogP contribution in [-0.4, -0.2) is 29.4 Å². The number of rotatable bonds is 4. The molecule has 0 aromatic carbocycles. The first kappa shape index (κ1) is 12.7. The fourth-order valence-corrected chi connectivity index (χ4v) is 1.20. The Morgan fingerprint density at radius 3 is 2.75 bits per heavy atom. The number of hydrogen-bond acceptors (Lipinski definition) is 4. The topological polar surface area (TPSA) is 56.1 Å². The predicted octanol–water partition coefficient (Wildman–Crippen LogP) is 0.901. The van der Waals surface area contributed by atoms with Gasteiger partial charge < -0.3 is 10.1 Å². The van der Waals surface area contributed by atoms with Gasteiger partial charge in [-0.25, -0.2) is 0 Å². The molecule has 5 nitrogen and oxygen atoms in total. The molecule has 90 valence electrons. The molecule has 0 spiro atoms. The zero-order chi connectivity index (χ0) is 12.2. The van der Waals surface area contributed by atoms with Gasteiger partial charge in [0.05, 0.1) is 25.4 Å². The van der Waals surface area contributed by atoms with Crippen molar-refractivity contribution in [2.45, 2.75) is 32.9 Å². The Kier molecular flexibility index (Phi) is 4.06. The van der Waals surface area contributed by atoms with Crippen LogP contribution in [0.3, 0.4) is 0 Å². The van der Waals surface area contributed by atoms with Crippen molar-refractivity contribution in [1.29, 1.82) is 0 Å². The second-order valence-corrected chi connectivity index (χ2v) is 4.64. The van der Waals surface area contributed by atoms with Gasteiger partial charge in [-0.1, -0.05) is 0 Å². The van der Waals surface area contributed by atoms with E-state index in [4.69, 9.17) is 0 Å². The highest BCUT2D eigenvalue weighted by Crippen LogP contribution is 2.12. The lowest BCUT2D eigenvalue weighted by Crippen LogP contribution is -2.24. The molecule has 0 saturated heterocycles. The van der Waals surface area contributed by atoms with Gasteiger partial charge in [0, 0.05) is 18.3 Å². The second-order valence-electron chi connectivity index (χ2n) is 4.64. The summed E-state index contributed by atoms with van der Waals surface area (Å²) in [5.74, 6) is -0.261. The lowest BCUT2D eigenvalue weighted by molar-refractivity contribution is -0.139. The van der Waals surface area contributed by atoms with E-state index in [1.165, 1.54) is 7.11 Å². The third-order valence-corrected chi connectivity index (χ3v) is 2.15. The van der Waals surface area contributed by atoms with Crippen LogP contribution in [0.15, 0.2) is 12.4 Å². The van der Waals surface area contributed by atoms with Crippen LogP contribution < -0.4 is 5.32 Å². The first-order chi connectivity index (χ1) is 7.43. The Hall–Kier alpha value is -1.36. The number of nitrogens with zero attached hydrogens (tertiary/aromatic N) is 2. The number of nitrogens with one attached hydrogen (secondary N) is 1. The summed E-state index contributed by atoms with van der Waals surface area (Å²) < 4.78 is 6.43. The molecular weight excluding hydrogens is 206 g/mol. The first-order valence-corrected chi connectivity index (χ1v) is 5.25. The summed E-state index contributed by atoms with van der Waals surface area (Å²) in [6.07, 6.45) is 3.78. The van der Waals surface area contributed by atoms with Crippen LogP contribution in [0, 0.1) is 0 Å². The summed E-state index contributed by atoms with van der Waals surface area (Å²) in [7, 11) is 1.38. The van der Waals surface area contributed by atoms with Gasteiger partial charge in [0.1, 0.15) is 0 Å². The molecule has 1 aromatic heterocycles. The molecule has 0 saturated carbocycles. The highest BCUT2D eigenvalue weighted by molar-refractivity contribution is 5.71. The van der Waals surface area contributed by atoms with Crippen LogP contribution in [0.2, 0.25) is 0 Å². The van der Waals surface area contributed by atoms with Crippen molar-refractivity contribution < 1.29 is 9.53 Å². The summed E-state index contributed by atoms with van der Waals surface area (Å²) >= 11 is 0. The maximum Gasteiger partial charge on any atom is 0.319 e. The number of esters is 1. The van der Waals surface area contributed by atoms with Gasteiger partial charge in [-0.05, 0) is 20.8 Å². The Labute approximate surface area is 95.8 Å². The van der Waals surface area contributed by atoms with E-state index in [9.17, 15) is 4.79 Å². The van der Waals surface area contributed by atoms with E-state index in [1.807, 2.05) is 10.9 Å². The van der Waals surface area contributed by atoms with Gasteiger partial charge in [0.2, 0.25) is 0 Å². The maximum atomic E-state index is 10.9. The normalized spacial score (nSPS) is 11.5. The Morgan fingerprint density at radius 1 is 1.56 bits per heavy atom. The zero-order valence-corrected chi connectivity index (χ0v) is 10.3. The van der Waals surface area contributed by atoms with Crippen LogP contribution in [0.25, 0.3) is 0 Å². The van der Waals surface area contributed by atoms with Gasteiger partial charge >= 0.3 is 5.97 Å². The van der Waals surface area contributed by atoms with E-state index in [-0.39, 0.29) is 18.1 Å². The Bertz CT molecular complexity index is 352. The van der Waals surface area contributed by atoms with Crippen LogP contribution in [-0.2, 0) is 21.6 Å². The molecule has 0 radical (unpaired) electrons. The first-order valence-electron chi connectivity index (χ1n) is 5.25. The molecule has 0 amide bonds. The molecule has 0 aliphatic rings. The van der Waals surface area contributed by atoms with Crippen molar-refractivity contribution >= 4 is 5.97 Å². The molecule has 1 rings (SSSR count). The van der Waals surface area contributed by atoms with Crippen molar-refractivity contribution in [3.8, 4) is 0 Å². The molecule has 0 aliphatic carbocycles. The molecule has 1 aromatic rings. The fraction of sp³-hybridized carbons (Fsp3) is 0.636. The Balaban J connectivity index is 2.44. The average Bonchev–Trinajstić information content (AvgIpc) is 2.65. The quantitative estimate of drug-likeness (QED) is 0.774. The molecule has 0 unspecified atom stereocenters. The number of ether oxygens (including phenoxy) is 1. The number of carbonyl (C=O) groups excluding carboxylic acids is 1. The molecule has 1 N–H and O–H groups in total. The van der Waals surface area contributed by atoms with Crippen LogP contribution in [0.4, 0.5) is 0 Å². The van der Waals surface area contributed by atoms with Crippen LogP contribution in [0.5, 0.6) is 0 Å². The highest BCUT2D eigenvalue weighted by Gasteiger charge is 2.13. The molecule has 1 heterocycles. The molecule has 0 bridgehead atoms. The minimum Gasteiger partial charge on any atom is -0.468 e. The Morgan fingerprint density at radius 2 is 2.25 bits per heavy atom. The van der Waals surface area contributed by atoms with Crippen molar-refractivity contribution in [2.75, 3.05) is 13.7 Å². The minimum atomic E-state index is -0.261. The monoisotopic (exact) mass is 225 g/mol. The second kappa shape index (κ2) is 5.12. The smallest absolute Gasteiger partial charge is 0.319 e. The molecule has 5 heteroatoms. The number of hydrogen-bond donors (Lipinski definition) is 1. The van der Waals surface area contributed by atoms with Crippen molar-refractivity contribution in [3.63, 3.8) is 0 Å². The van der Waals surface area contributed by atoms with E-state index < -0.39 is 0 Å². The number of carbonyl (C=O) groups is 1. The van der Waals surface area contributed by atoms with E-state index in [2.05, 4.69) is 35.9 Å². The molecular formula is C11H19N3O2. The average molecular weight is 225 g/mol. The molecule has 16 heavy (non-hydrogen) atoms.